The van der Waals surface area contributed by atoms with Crippen LogP contribution in [0.25, 0.3) is 0 Å². The highest BCUT2D eigenvalue weighted by molar-refractivity contribution is 6.21. The first-order chi connectivity index (χ1) is 12.6. The van der Waals surface area contributed by atoms with E-state index in [0.717, 1.165) is 4.90 Å². The Labute approximate surface area is 157 Å². The van der Waals surface area contributed by atoms with Crippen molar-refractivity contribution in [2.24, 2.45) is 0 Å². The minimum Gasteiger partial charge on any atom is -0.464 e. The van der Waals surface area contributed by atoms with E-state index in [2.05, 4.69) is 4.98 Å². The first-order valence-corrected chi connectivity index (χ1v) is 8.94. The maximum atomic E-state index is 13.3. The van der Waals surface area contributed by atoms with Crippen LogP contribution in [0.4, 0.5) is 10.5 Å². The van der Waals surface area contributed by atoms with Gasteiger partial charge in [0.1, 0.15) is 11.3 Å². The fraction of sp³-hybridized carbons (Fsp3) is 0.579. The Balaban J connectivity index is 2.09. The predicted molar refractivity (Wildman–Crippen MR) is 95.4 cm³/mol. The van der Waals surface area contributed by atoms with Crippen LogP contribution < -0.4 is 4.90 Å². The molecule has 0 radical (unpaired) electrons. The summed E-state index contributed by atoms with van der Waals surface area (Å²) in [4.78, 5) is 43.3. The van der Waals surface area contributed by atoms with E-state index in [1.54, 1.807) is 20.8 Å². The van der Waals surface area contributed by atoms with Crippen molar-refractivity contribution in [3.63, 3.8) is 0 Å². The van der Waals surface area contributed by atoms with Crippen molar-refractivity contribution in [3.05, 3.63) is 23.5 Å². The SMILES string of the molecule is COC(=O)c1ccc2c(n1)C1(CCC(O)CC1)C(=O)N2C(=O)OC(C)(C)C. The smallest absolute Gasteiger partial charge is 0.421 e. The zero-order valence-corrected chi connectivity index (χ0v) is 15.9. The highest BCUT2D eigenvalue weighted by Crippen LogP contribution is 2.49. The molecule has 1 aromatic heterocycles. The summed E-state index contributed by atoms with van der Waals surface area (Å²) in [6.45, 7) is 5.16. The van der Waals surface area contributed by atoms with Gasteiger partial charge in [-0.3, -0.25) is 4.79 Å². The Morgan fingerprint density at radius 2 is 1.89 bits per heavy atom. The molecule has 0 atom stereocenters. The number of aliphatic hydroxyl groups is 1. The molecule has 2 heterocycles. The number of methoxy groups -OCH3 is 1. The molecule has 146 valence electrons. The fourth-order valence-corrected chi connectivity index (χ4v) is 3.66. The number of rotatable bonds is 1. The average molecular weight is 376 g/mol. The molecule has 1 aromatic rings. The first kappa shape index (κ1) is 19.3. The molecule has 3 rings (SSSR count). The Hall–Kier alpha value is -2.48. The van der Waals surface area contributed by atoms with Crippen LogP contribution in [0.3, 0.4) is 0 Å². The lowest BCUT2D eigenvalue weighted by Crippen LogP contribution is -2.47. The van der Waals surface area contributed by atoms with Crippen molar-refractivity contribution in [1.82, 2.24) is 4.98 Å². The maximum absolute atomic E-state index is 13.3. The average Bonchev–Trinajstić information content (AvgIpc) is 2.83. The van der Waals surface area contributed by atoms with E-state index in [1.807, 2.05) is 0 Å². The highest BCUT2D eigenvalue weighted by atomic mass is 16.6. The van der Waals surface area contributed by atoms with Gasteiger partial charge in [-0.05, 0) is 58.6 Å². The standard InChI is InChI=1S/C19H24N2O6/c1-18(2,3)27-17(25)21-13-6-5-12(15(23)26-4)20-14(13)19(16(21)24)9-7-11(22)8-10-19/h5-6,11,22H,7-10H2,1-4H3. The van der Waals surface area contributed by atoms with E-state index in [4.69, 9.17) is 9.47 Å². The van der Waals surface area contributed by atoms with E-state index in [-0.39, 0.29) is 5.69 Å². The molecule has 1 spiro atoms. The molecule has 1 aliphatic carbocycles. The number of carbonyl (C=O) groups excluding carboxylic acids is 3. The fourth-order valence-electron chi connectivity index (χ4n) is 3.66. The van der Waals surface area contributed by atoms with Gasteiger partial charge >= 0.3 is 12.1 Å². The van der Waals surface area contributed by atoms with Gasteiger partial charge in [-0.15, -0.1) is 0 Å². The third kappa shape index (κ3) is 3.29. The van der Waals surface area contributed by atoms with Gasteiger partial charge in [0.2, 0.25) is 5.91 Å². The van der Waals surface area contributed by atoms with Crippen molar-refractivity contribution >= 4 is 23.7 Å². The number of hydrogen-bond acceptors (Lipinski definition) is 7. The van der Waals surface area contributed by atoms with Crippen LogP contribution in [0.5, 0.6) is 0 Å². The minimum atomic E-state index is -1.05. The van der Waals surface area contributed by atoms with E-state index in [9.17, 15) is 19.5 Å². The number of nitrogens with zero attached hydrogens (tertiary/aromatic N) is 2. The van der Waals surface area contributed by atoms with Crippen LogP contribution in [0.1, 0.15) is 62.6 Å². The molecule has 8 nitrogen and oxygen atoms in total. The van der Waals surface area contributed by atoms with Gasteiger partial charge in [0.25, 0.3) is 0 Å². The second-order valence-electron chi connectivity index (χ2n) is 7.99. The number of pyridine rings is 1. The molecule has 1 saturated carbocycles. The molecule has 2 amide bonds. The van der Waals surface area contributed by atoms with Gasteiger partial charge in [0.15, 0.2) is 0 Å². The van der Waals surface area contributed by atoms with Gasteiger partial charge in [-0.1, -0.05) is 0 Å². The van der Waals surface area contributed by atoms with Crippen molar-refractivity contribution in [2.75, 3.05) is 12.0 Å². The summed E-state index contributed by atoms with van der Waals surface area (Å²) in [5.74, 6) is -1.04. The first-order valence-electron chi connectivity index (χ1n) is 8.94. The van der Waals surface area contributed by atoms with E-state index in [1.165, 1.54) is 19.2 Å². The van der Waals surface area contributed by atoms with Crippen LogP contribution in [0, 0.1) is 0 Å². The minimum absolute atomic E-state index is 0.0700. The number of anilines is 1. The molecule has 0 saturated heterocycles. The van der Waals surface area contributed by atoms with Crippen LogP contribution in [0.15, 0.2) is 12.1 Å². The quantitative estimate of drug-likeness (QED) is 0.750. The van der Waals surface area contributed by atoms with Gasteiger partial charge < -0.3 is 14.6 Å². The molecule has 1 fully saturated rings. The summed E-state index contributed by atoms with van der Waals surface area (Å²) >= 11 is 0. The number of carbonyl (C=O) groups is 3. The van der Waals surface area contributed by atoms with Crippen molar-refractivity contribution in [2.45, 2.75) is 63.6 Å². The lowest BCUT2D eigenvalue weighted by molar-refractivity contribution is -0.124. The number of ether oxygens (including phenoxy) is 2. The van der Waals surface area contributed by atoms with E-state index >= 15 is 0 Å². The number of aliphatic hydroxyl groups excluding tert-OH is 1. The van der Waals surface area contributed by atoms with E-state index < -0.39 is 35.1 Å². The molecule has 1 aliphatic heterocycles. The number of esters is 1. The summed E-state index contributed by atoms with van der Waals surface area (Å²) in [5, 5.41) is 9.88. The lowest BCUT2D eigenvalue weighted by atomic mass is 9.71. The number of amides is 2. The van der Waals surface area contributed by atoms with Crippen molar-refractivity contribution < 1.29 is 29.0 Å². The van der Waals surface area contributed by atoms with Crippen molar-refractivity contribution in [1.29, 1.82) is 0 Å². The monoisotopic (exact) mass is 376 g/mol. The highest BCUT2D eigenvalue weighted by Gasteiger charge is 2.56. The molecule has 2 aliphatic rings. The number of hydrogen-bond donors (Lipinski definition) is 1. The molecule has 0 aromatic carbocycles. The maximum Gasteiger partial charge on any atom is 0.421 e. The Kier molecular flexibility index (Phi) is 4.71. The van der Waals surface area contributed by atoms with Crippen LogP contribution in [-0.2, 0) is 19.7 Å². The molecule has 27 heavy (non-hydrogen) atoms. The zero-order valence-electron chi connectivity index (χ0n) is 15.9. The lowest BCUT2D eigenvalue weighted by Gasteiger charge is -2.33. The van der Waals surface area contributed by atoms with Gasteiger partial charge in [-0.2, -0.15) is 0 Å². The topological polar surface area (TPSA) is 106 Å². The van der Waals surface area contributed by atoms with Crippen LogP contribution in [-0.4, -0.2) is 46.9 Å². The zero-order chi connectivity index (χ0) is 20.0. The molecular weight excluding hydrogens is 352 g/mol. The summed E-state index contributed by atoms with van der Waals surface area (Å²) in [7, 11) is 1.25. The largest absolute Gasteiger partial charge is 0.464 e. The third-order valence-electron chi connectivity index (χ3n) is 4.96. The third-order valence-corrected chi connectivity index (χ3v) is 4.96. The normalized spacial score (nSPS) is 24.7. The summed E-state index contributed by atoms with van der Waals surface area (Å²) < 4.78 is 10.1. The predicted octanol–water partition coefficient (Wildman–Crippen LogP) is 2.32. The second kappa shape index (κ2) is 6.60. The van der Waals surface area contributed by atoms with Crippen LogP contribution >= 0.6 is 0 Å². The van der Waals surface area contributed by atoms with Gasteiger partial charge in [-0.25, -0.2) is 19.5 Å². The number of imide groups is 1. The van der Waals surface area contributed by atoms with Crippen molar-refractivity contribution in [3.8, 4) is 0 Å². The summed E-state index contributed by atoms with van der Waals surface area (Å²) in [6.07, 6.45) is 0.249. The Bertz CT molecular complexity index is 790. The molecule has 1 N–H and O–H groups in total. The van der Waals surface area contributed by atoms with Gasteiger partial charge in [0, 0.05) is 0 Å². The van der Waals surface area contributed by atoms with E-state index in [0.29, 0.717) is 37.1 Å². The molecule has 0 unspecified atom stereocenters. The Morgan fingerprint density at radius 1 is 1.26 bits per heavy atom. The second-order valence-corrected chi connectivity index (χ2v) is 7.99. The molecular formula is C19H24N2O6. The number of fused-ring (bicyclic) bond motifs is 2. The Morgan fingerprint density at radius 3 is 2.44 bits per heavy atom. The van der Waals surface area contributed by atoms with Crippen LogP contribution in [0.2, 0.25) is 0 Å². The molecule has 0 bridgehead atoms. The summed E-state index contributed by atoms with van der Waals surface area (Å²) in [6, 6.07) is 2.95. The van der Waals surface area contributed by atoms with Gasteiger partial charge in [0.05, 0.1) is 30.0 Å². The number of aromatic nitrogens is 1. The molecule has 8 heteroatoms. The summed E-state index contributed by atoms with van der Waals surface area (Å²) in [5.41, 5.74) is -1.06.